The SMILES string of the molecule is CC(C)(C(=O)Nc1ccccc1[N+](=O)[O-])n1nc(-c2ccc3c(c2)OCO3)ccc1=O. The number of nitro groups is 1. The lowest BCUT2D eigenvalue weighted by atomic mass is 10.0. The van der Waals surface area contributed by atoms with Crippen molar-refractivity contribution in [2.75, 3.05) is 12.1 Å². The summed E-state index contributed by atoms with van der Waals surface area (Å²) in [5.74, 6) is 0.547. The Hall–Kier alpha value is -4.21. The molecule has 4 rings (SSSR count). The number of nitro benzene ring substituents is 1. The number of carbonyl (C=O) groups excluding carboxylic acids is 1. The number of anilines is 1. The van der Waals surface area contributed by atoms with Crippen LogP contribution in [0.5, 0.6) is 11.5 Å². The minimum atomic E-state index is -1.44. The Morgan fingerprint density at radius 2 is 1.87 bits per heavy atom. The maximum atomic E-state index is 13.0. The molecule has 0 atom stereocenters. The van der Waals surface area contributed by atoms with Gasteiger partial charge in [-0.1, -0.05) is 12.1 Å². The Balaban J connectivity index is 1.68. The maximum absolute atomic E-state index is 13.0. The zero-order valence-corrected chi connectivity index (χ0v) is 16.7. The number of nitrogens with zero attached hydrogens (tertiary/aromatic N) is 3. The molecule has 0 fully saturated rings. The van der Waals surface area contributed by atoms with Crippen LogP contribution in [-0.2, 0) is 10.3 Å². The standard InChI is InChI=1S/C21H18N4O6/c1-21(2,20(27)22-15-5-3-4-6-16(15)25(28)29)24-19(26)10-8-14(23-24)13-7-9-17-18(11-13)31-12-30-17/h3-11H,12H2,1-2H3,(H,22,27). The van der Waals surface area contributed by atoms with Crippen molar-refractivity contribution in [3.8, 4) is 22.8 Å². The summed E-state index contributed by atoms with van der Waals surface area (Å²) in [5.41, 5.74) is -1.02. The van der Waals surface area contributed by atoms with Gasteiger partial charge < -0.3 is 14.8 Å². The van der Waals surface area contributed by atoms with Gasteiger partial charge in [-0.05, 0) is 44.2 Å². The Morgan fingerprint density at radius 3 is 2.65 bits per heavy atom. The molecule has 0 saturated carbocycles. The van der Waals surface area contributed by atoms with E-state index in [4.69, 9.17) is 9.47 Å². The molecule has 2 aromatic carbocycles. The van der Waals surface area contributed by atoms with Crippen LogP contribution in [0.4, 0.5) is 11.4 Å². The van der Waals surface area contributed by atoms with Crippen molar-refractivity contribution in [2.24, 2.45) is 0 Å². The molecular weight excluding hydrogens is 404 g/mol. The highest BCUT2D eigenvalue weighted by molar-refractivity contribution is 5.97. The monoisotopic (exact) mass is 422 g/mol. The van der Waals surface area contributed by atoms with Crippen LogP contribution < -0.4 is 20.3 Å². The molecule has 2 heterocycles. The van der Waals surface area contributed by atoms with Crippen molar-refractivity contribution in [3.63, 3.8) is 0 Å². The third kappa shape index (κ3) is 3.70. The lowest BCUT2D eigenvalue weighted by Gasteiger charge is -2.25. The second kappa shape index (κ2) is 7.56. The zero-order valence-electron chi connectivity index (χ0n) is 16.7. The summed E-state index contributed by atoms with van der Waals surface area (Å²) in [5, 5.41) is 18.1. The van der Waals surface area contributed by atoms with E-state index in [1.165, 1.54) is 38.1 Å². The highest BCUT2D eigenvalue weighted by Crippen LogP contribution is 2.35. The number of hydrogen-bond acceptors (Lipinski definition) is 7. The van der Waals surface area contributed by atoms with Gasteiger partial charge in [0, 0.05) is 17.7 Å². The number of amides is 1. The van der Waals surface area contributed by atoms with Crippen LogP contribution in [0, 0.1) is 10.1 Å². The number of carbonyl (C=O) groups is 1. The minimum Gasteiger partial charge on any atom is -0.454 e. The van der Waals surface area contributed by atoms with E-state index in [0.717, 1.165) is 4.68 Å². The van der Waals surface area contributed by atoms with Gasteiger partial charge in [-0.15, -0.1) is 0 Å². The molecule has 158 valence electrons. The molecular formula is C21H18N4O6. The first-order chi connectivity index (χ1) is 14.8. The second-order valence-corrected chi connectivity index (χ2v) is 7.32. The molecule has 0 bridgehead atoms. The first-order valence-electron chi connectivity index (χ1n) is 9.33. The molecule has 1 N–H and O–H groups in total. The molecule has 1 aliphatic heterocycles. The fourth-order valence-corrected chi connectivity index (χ4v) is 3.13. The summed E-state index contributed by atoms with van der Waals surface area (Å²) in [6, 6.07) is 13.9. The number of aromatic nitrogens is 2. The molecule has 0 saturated heterocycles. The third-order valence-corrected chi connectivity index (χ3v) is 4.90. The molecule has 31 heavy (non-hydrogen) atoms. The van der Waals surface area contributed by atoms with Crippen LogP contribution in [0.2, 0.25) is 0 Å². The highest BCUT2D eigenvalue weighted by atomic mass is 16.7. The van der Waals surface area contributed by atoms with E-state index in [9.17, 15) is 19.7 Å². The van der Waals surface area contributed by atoms with Gasteiger partial charge in [-0.3, -0.25) is 19.7 Å². The molecule has 10 heteroatoms. The molecule has 1 aromatic heterocycles. The van der Waals surface area contributed by atoms with Gasteiger partial charge in [0.2, 0.25) is 6.79 Å². The fraction of sp³-hybridized carbons (Fsp3) is 0.190. The molecule has 0 unspecified atom stereocenters. The predicted octanol–water partition coefficient (Wildman–Crippen LogP) is 2.92. The minimum absolute atomic E-state index is 0.0329. The van der Waals surface area contributed by atoms with Gasteiger partial charge in [-0.25, -0.2) is 4.68 Å². The summed E-state index contributed by atoms with van der Waals surface area (Å²) in [7, 11) is 0. The van der Waals surface area contributed by atoms with Crippen molar-refractivity contribution in [1.82, 2.24) is 9.78 Å². The van der Waals surface area contributed by atoms with E-state index >= 15 is 0 Å². The number of nitrogens with one attached hydrogen (secondary N) is 1. The van der Waals surface area contributed by atoms with Crippen LogP contribution >= 0.6 is 0 Å². The van der Waals surface area contributed by atoms with Crippen LogP contribution in [0.3, 0.4) is 0 Å². The number of fused-ring (bicyclic) bond motifs is 1. The van der Waals surface area contributed by atoms with Crippen molar-refractivity contribution in [3.05, 3.63) is 75.1 Å². The first-order valence-corrected chi connectivity index (χ1v) is 9.33. The summed E-state index contributed by atoms with van der Waals surface area (Å²) in [6.07, 6.45) is 0. The van der Waals surface area contributed by atoms with Crippen LogP contribution in [-0.4, -0.2) is 27.4 Å². The van der Waals surface area contributed by atoms with Gasteiger partial charge in [0.15, 0.2) is 11.5 Å². The summed E-state index contributed by atoms with van der Waals surface area (Å²) in [6.45, 7) is 3.15. The Labute approximate surface area is 176 Å². The summed E-state index contributed by atoms with van der Waals surface area (Å²) in [4.78, 5) is 36.2. The maximum Gasteiger partial charge on any atom is 0.292 e. The van der Waals surface area contributed by atoms with E-state index < -0.39 is 21.9 Å². The normalized spacial score (nSPS) is 12.5. The quantitative estimate of drug-likeness (QED) is 0.495. The lowest BCUT2D eigenvalue weighted by Crippen LogP contribution is -2.47. The van der Waals surface area contributed by atoms with Gasteiger partial charge >= 0.3 is 0 Å². The molecule has 0 spiro atoms. The van der Waals surface area contributed by atoms with Crippen molar-refractivity contribution >= 4 is 17.3 Å². The fourth-order valence-electron chi connectivity index (χ4n) is 3.13. The largest absolute Gasteiger partial charge is 0.454 e. The lowest BCUT2D eigenvalue weighted by molar-refractivity contribution is -0.383. The van der Waals surface area contributed by atoms with Gasteiger partial charge in [0.05, 0.1) is 10.6 Å². The number of hydrogen-bond donors (Lipinski definition) is 1. The molecule has 1 amide bonds. The molecule has 1 aliphatic rings. The van der Waals surface area contributed by atoms with E-state index in [-0.39, 0.29) is 18.2 Å². The van der Waals surface area contributed by atoms with Crippen LogP contribution in [0.15, 0.2) is 59.4 Å². The van der Waals surface area contributed by atoms with Gasteiger partial charge in [0.25, 0.3) is 17.2 Å². The number of rotatable bonds is 5. The Morgan fingerprint density at radius 1 is 1.13 bits per heavy atom. The number of ether oxygens (including phenoxy) is 2. The van der Waals surface area contributed by atoms with E-state index in [0.29, 0.717) is 22.8 Å². The first kappa shape index (κ1) is 20.1. The Kier molecular flexibility index (Phi) is 4.90. The molecule has 3 aromatic rings. The van der Waals surface area contributed by atoms with Gasteiger partial charge in [-0.2, -0.15) is 5.10 Å². The summed E-state index contributed by atoms with van der Waals surface area (Å²) < 4.78 is 11.7. The third-order valence-electron chi connectivity index (χ3n) is 4.90. The average Bonchev–Trinajstić information content (AvgIpc) is 3.22. The highest BCUT2D eigenvalue weighted by Gasteiger charge is 2.33. The van der Waals surface area contributed by atoms with Crippen LogP contribution in [0.25, 0.3) is 11.3 Å². The van der Waals surface area contributed by atoms with Gasteiger partial charge in [0.1, 0.15) is 11.2 Å². The average molecular weight is 422 g/mol. The van der Waals surface area contributed by atoms with E-state index in [1.54, 1.807) is 30.3 Å². The summed E-state index contributed by atoms with van der Waals surface area (Å²) >= 11 is 0. The van der Waals surface area contributed by atoms with Crippen LogP contribution in [0.1, 0.15) is 13.8 Å². The molecule has 0 radical (unpaired) electrons. The number of para-hydroxylation sites is 2. The second-order valence-electron chi connectivity index (χ2n) is 7.32. The predicted molar refractivity (Wildman–Crippen MR) is 111 cm³/mol. The molecule has 10 nitrogen and oxygen atoms in total. The van der Waals surface area contributed by atoms with Crippen molar-refractivity contribution in [2.45, 2.75) is 19.4 Å². The van der Waals surface area contributed by atoms with E-state index in [2.05, 4.69) is 10.4 Å². The number of benzene rings is 2. The van der Waals surface area contributed by atoms with Crippen molar-refractivity contribution in [1.29, 1.82) is 0 Å². The smallest absolute Gasteiger partial charge is 0.292 e. The zero-order chi connectivity index (χ0) is 22.2. The topological polar surface area (TPSA) is 126 Å². The van der Waals surface area contributed by atoms with E-state index in [1.807, 2.05) is 0 Å². The molecule has 0 aliphatic carbocycles. The van der Waals surface area contributed by atoms with Crippen molar-refractivity contribution < 1.29 is 19.2 Å². The Bertz CT molecular complexity index is 1250.